The summed E-state index contributed by atoms with van der Waals surface area (Å²) in [4.78, 5) is 29.0. The summed E-state index contributed by atoms with van der Waals surface area (Å²) in [6.45, 7) is -8.23. The first-order valence-corrected chi connectivity index (χ1v) is 8.84. The second kappa shape index (κ2) is 10.0. The van der Waals surface area contributed by atoms with Crippen molar-refractivity contribution in [3.8, 4) is 16.9 Å². The number of amides is 2. The molecule has 0 fully saturated rings. The second-order valence-corrected chi connectivity index (χ2v) is 6.40. The summed E-state index contributed by atoms with van der Waals surface area (Å²) in [5.74, 6) is -11.7. The molecule has 1 aliphatic heterocycles. The maximum Gasteiger partial charge on any atom is 0.273 e. The summed E-state index contributed by atoms with van der Waals surface area (Å²) >= 11 is 0. The lowest BCUT2D eigenvalue weighted by Crippen LogP contribution is -2.27. The number of ether oxygens (including phenoxy) is 2. The largest absolute Gasteiger partial charge is 0.491 e. The minimum absolute atomic E-state index is 0.503. The van der Waals surface area contributed by atoms with E-state index in [1.54, 1.807) is 10.8 Å². The van der Waals surface area contributed by atoms with Gasteiger partial charge < -0.3 is 14.8 Å². The third kappa shape index (κ3) is 4.99. The first kappa shape index (κ1) is 14.0. The van der Waals surface area contributed by atoms with E-state index in [0.717, 1.165) is 18.2 Å². The molecule has 0 saturated heterocycles. The van der Waals surface area contributed by atoms with Gasteiger partial charge in [0.05, 0.1) is 48.5 Å². The SMILES string of the molecule is [2H]C([2H])([2H])ONC(=O)C1=C(C(=O)Nc2c(F)c(F)c(-c3cccc(OC([2H])(C([2H])([2H])[2H])C([2H])([2H])[2H])c3)c(F)c2F)COC1. The van der Waals surface area contributed by atoms with Crippen LogP contribution in [0.2, 0.25) is 0 Å². The van der Waals surface area contributed by atoms with E-state index in [1.807, 2.05) is 0 Å². The monoisotopic (exact) mass is 478 g/mol. The number of hydrogen-bond acceptors (Lipinski definition) is 5. The molecule has 176 valence electrons. The van der Waals surface area contributed by atoms with Crippen LogP contribution in [0.15, 0.2) is 35.4 Å². The molecule has 2 aromatic carbocycles. The van der Waals surface area contributed by atoms with Crippen LogP contribution < -0.4 is 15.5 Å². The highest BCUT2D eigenvalue weighted by Crippen LogP contribution is 2.36. The third-order valence-electron chi connectivity index (χ3n) is 4.39. The Kier molecular flexibility index (Phi) is 4.23. The standard InChI is InChI=1S/C22H20F4N2O5/c1-10(2)33-12-6-4-5-11(7-12)15-16(23)18(25)20(19(26)17(15)24)27-21(29)13-8-32-9-14(13)22(30)28-31-3/h4-7,10H,8-9H2,1-3H3,(H,27,29)(H,28,30)/i1D3,2D3,3D3,10D. The van der Waals surface area contributed by atoms with Crippen LogP contribution in [0.5, 0.6) is 5.75 Å². The molecule has 0 radical (unpaired) electrons. The fraction of sp³-hybridized carbons (Fsp3) is 0.273. The van der Waals surface area contributed by atoms with Crippen LogP contribution in [0.4, 0.5) is 23.2 Å². The van der Waals surface area contributed by atoms with Gasteiger partial charge >= 0.3 is 0 Å². The maximum atomic E-state index is 15.1. The lowest BCUT2D eigenvalue weighted by Gasteiger charge is -2.15. The molecular formula is C22H20F4N2O5. The molecule has 2 N–H and O–H groups in total. The number of rotatable bonds is 7. The van der Waals surface area contributed by atoms with Crippen molar-refractivity contribution in [3.05, 3.63) is 58.7 Å². The Balaban J connectivity index is 1.98. The van der Waals surface area contributed by atoms with E-state index >= 15 is 17.6 Å². The van der Waals surface area contributed by atoms with Gasteiger partial charge in [0.2, 0.25) is 0 Å². The zero-order valence-corrected chi connectivity index (χ0v) is 16.3. The minimum atomic E-state index is -3.54. The van der Waals surface area contributed by atoms with Crippen LogP contribution in [-0.4, -0.2) is 38.1 Å². The molecule has 0 spiro atoms. The molecule has 0 saturated carbocycles. The molecule has 2 aromatic rings. The van der Waals surface area contributed by atoms with Gasteiger partial charge in [0.15, 0.2) is 23.3 Å². The van der Waals surface area contributed by atoms with E-state index in [-0.39, 0.29) is 0 Å². The van der Waals surface area contributed by atoms with Crippen molar-refractivity contribution >= 4 is 17.5 Å². The molecule has 1 aliphatic rings. The highest BCUT2D eigenvalue weighted by atomic mass is 19.2. The Bertz CT molecular complexity index is 1440. The molecule has 1 heterocycles. The van der Waals surface area contributed by atoms with Gasteiger partial charge in [-0.2, -0.15) is 0 Å². The van der Waals surface area contributed by atoms with Gasteiger partial charge in [-0.1, -0.05) is 12.1 Å². The minimum Gasteiger partial charge on any atom is -0.491 e. The molecule has 7 nitrogen and oxygen atoms in total. The fourth-order valence-corrected chi connectivity index (χ4v) is 2.96. The molecule has 0 aromatic heterocycles. The van der Waals surface area contributed by atoms with Gasteiger partial charge in [-0.15, -0.1) is 0 Å². The summed E-state index contributed by atoms with van der Waals surface area (Å²) in [6.07, 6.45) is -3.53. The first-order valence-electron chi connectivity index (χ1n) is 13.8. The van der Waals surface area contributed by atoms with Crippen molar-refractivity contribution < 1.29 is 55.2 Å². The third-order valence-corrected chi connectivity index (χ3v) is 4.39. The molecule has 11 heteroatoms. The highest BCUT2D eigenvalue weighted by molar-refractivity contribution is 6.10. The molecule has 2 amide bonds. The quantitative estimate of drug-likeness (QED) is 0.361. The topological polar surface area (TPSA) is 85.9 Å². The van der Waals surface area contributed by atoms with Gasteiger partial charge in [-0.25, -0.2) is 23.0 Å². The molecule has 0 unspecified atom stereocenters. The maximum absolute atomic E-state index is 15.1. The van der Waals surface area contributed by atoms with E-state index in [4.69, 9.17) is 23.2 Å². The van der Waals surface area contributed by atoms with E-state index in [2.05, 4.69) is 4.84 Å². The van der Waals surface area contributed by atoms with Crippen molar-refractivity contribution in [1.82, 2.24) is 5.48 Å². The number of carbonyl (C=O) groups excluding carboxylic acids is 2. The number of carbonyl (C=O) groups is 2. The first-order chi connectivity index (χ1) is 19.6. The Morgan fingerprint density at radius 2 is 1.73 bits per heavy atom. The number of halogens is 4. The molecule has 0 atom stereocenters. The van der Waals surface area contributed by atoms with E-state index in [9.17, 15) is 9.59 Å². The lowest BCUT2D eigenvalue weighted by molar-refractivity contribution is -0.127. The summed E-state index contributed by atoms with van der Waals surface area (Å²) in [6, 6.07) is 3.47. The second-order valence-electron chi connectivity index (χ2n) is 6.40. The van der Waals surface area contributed by atoms with Gasteiger partial charge in [-0.3, -0.25) is 14.4 Å². The lowest BCUT2D eigenvalue weighted by atomic mass is 10.0. The molecule has 0 aliphatic carbocycles. The summed E-state index contributed by atoms with van der Waals surface area (Å²) in [5.41, 5.74) is -3.16. The van der Waals surface area contributed by atoms with Crippen LogP contribution in [-0.2, 0) is 19.2 Å². The fourth-order valence-electron chi connectivity index (χ4n) is 2.96. The predicted octanol–water partition coefficient (Wildman–Crippen LogP) is 3.64. The zero-order chi connectivity index (χ0) is 32.7. The van der Waals surface area contributed by atoms with Crippen LogP contribution in [0, 0.1) is 23.3 Å². The Labute approximate surface area is 200 Å². The van der Waals surface area contributed by atoms with Crippen LogP contribution >= 0.6 is 0 Å². The zero-order valence-electron chi connectivity index (χ0n) is 26.3. The van der Waals surface area contributed by atoms with Crippen molar-refractivity contribution in [1.29, 1.82) is 0 Å². The molecule has 33 heavy (non-hydrogen) atoms. The van der Waals surface area contributed by atoms with Gasteiger partial charge in [0.25, 0.3) is 11.8 Å². The Hall–Kier alpha value is -3.44. The van der Waals surface area contributed by atoms with Crippen molar-refractivity contribution in [2.24, 2.45) is 0 Å². The van der Waals surface area contributed by atoms with Gasteiger partial charge in [-0.05, 0) is 31.4 Å². The normalized spacial score (nSPS) is 19.4. The number of anilines is 1. The smallest absolute Gasteiger partial charge is 0.273 e. The number of nitrogens with one attached hydrogen (secondary N) is 2. The van der Waals surface area contributed by atoms with E-state index in [1.165, 1.54) is 0 Å². The van der Waals surface area contributed by atoms with Crippen LogP contribution in [0.25, 0.3) is 11.1 Å². The van der Waals surface area contributed by atoms with E-state index in [0.29, 0.717) is 6.07 Å². The van der Waals surface area contributed by atoms with Crippen LogP contribution in [0.1, 0.15) is 27.4 Å². The Morgan fingerprint density at radius 3 is 2.36 bits per heavy atom. The summed E-state index contributed by atoms with van der Waals surface area (Å²) in [7, 11) is -3.05. The molecular weight excluding hydrogens is 448 g/mol. The van der Waals surface area contributed by atoms with Crippen LogP contribution in [0.3, 0.4) is 0 Å². The highest BCUT2D eigenvalue weighted by Gasteiger charge is 2.31. The van der Waals surface area contributed by atoms with Gasteiger partial charge in [0, 0.05) is 8.22 Å². The van der Waals surface area contributed by atoms with E-state index < -0.39 is 109 Å². The number of benzene rings is 2. The van der Waals surface area contributed by atoms with Crippen molar-refractivity contribution in [3.63, 3.8) is 0 Å². The average molecular weight is 478 g/mol. The Morgan fingerprint density at radius 1 is 1.06 bits per heavy atom. The van der Waals surface area contributed by atoms with Gasteiger partial charge in [0.1, 0.15) is 11.4 Å². The average Bonchev–Trinajstić information content (AvgIpc) is 3.37. The summed E-state index contributed by atoms with van der Waals surface area (Å²) in [5, 5.41) is 1.60. The predicted molar refractivity (Wildman–Crippen MR) is 109 cm³/mol. The number of hydroxylamine groups is 1. The van der Waals surface area contributed by atoms with Crippen molar-refractivity contribution in [2.75, 3.05) is 25.6 Å². The van der Waals surface area contributed by atoms with Crippen molar-refractivity contribution in [2.45, 2.75) is 19.8 Å². The molecule has 3 rings (SSSR count). The molecule has 0 bridgehead atoms. The number of hydrogen-bond donors (Lipinski definition) is 2. The summed E-state index contributed by atoms with van der Waals surface area (Å²) < 4.78 is 143.